The highest BCUT2D eigenvalue weighted by Gasteiger charge is 2.41. The molecule has 1 rings (SSSR count). The summed E-state index contributed by atoms with van der Waals surface area (Å²) in [6.45, 7) is 16.1. The number of benzene rings is 1. The van der Waals surface area contributed by atoms with Crippen LogP contribution in [-0.2, 0) is 0 Å². The number of terminal acetylenes is 1. The molecular weight excluding hydrogens is 268 g/mol. The van der Waals surface area contributed by atoms with Gasteiger partial charge in [-0.25, -0.2) is 0 Å². The van der Waals surface area contributed by atoms with Gasteiger partial charge in [-0.05, 0) is 47.3 Å². The molecule has 0 nitrogen and oxygen atoms in total. The third-order valence-electron chi connectivity index (χ3n) is 4.67. The molecule has 0 atom stereocenters. The monoisotopic (exact) mass is 296 g/mol. The van der Waals surface area contributed by atoms with E-state index >= 15 is 0 Å². The predicted octanol–water partition coefficient (Wildman–Crippen LogP) is 5.55. The van der Waals surface area contributed by atoms with Crippen molar-refractivity contribution in [1.82, 2.24) is 0 Å². The summed E-state index contributed by atoms with van der Waals surface area (Å²) in [7, 11) is -1.66. The van der Waals surface area contributed by atoms with E-state index in [4.69, 9.17) is 6.42 Å². The van der Waals surface area contributed by atoms with Crippen LogP contribution in [-0.4, -0.2) is 8.07 Å². The van der Waals surface area contributed by atoms with Crippen LogP contribution in [0, 0.1) is 30.7 Å². The lowest BCUT2D eigenvalue weighted by Crippen LogP contribution is -2.43. The molecule has 0 N–H and O–H groups in total. The van der Waals surface area contributed by atoms with E-state index in [-0.39, 0.29) is 0 Å². The van der Waals surface area contributed by atoms with Gasteiger partial charge in [-0.15, -0.1) is 12.0 Å². The van der Waals surface area contributed by atoms with E-state index in [1.165, 1.54) is 5.56 Å². The Bertz CT molecular complexity index is 567. The Hall–Kier alpha value is -1.44. The second kappa shape index (κ2) is 7.01. The molecule has 1 aromatic carbocycles. The predicted molar refractivity (Wildman–Crippen MR) is 97.0 cm³/mol. The van der Waals surface area contributed by atoms with Gasteiger partial charge in [0.25, 0.3) is 0 Å². The van der Waals surface area contributed by atoms with Crippen molar-refractivity contribution in [3.63, 3.8) is 0 Å². The molecule has 0 saturated carbocycles. The SMILES string of the molecule is C#Cc1ccc(C#C[Si](C(C)C)(C(C)C)C(C)C)c(C)c1. The minimum atomic E-state index is -1.66. The van der Waals surface area contributed by atoms with E-state index in [0.717, 1.165) is 11.1 Å². The van der Waals surface area contributed by atoms with Crippen molar-refractivity contribution >= 4 is 8.07 Å². The van der Waals surface area contributed by atoms with Crippen LogP contribution in [0.15, 0.2) is 18.2 Å². The summed E-state index contributed by atoms with van der Waals surface area (Å²) in [4.78, 5) is 0. The molecule has 0 radical (unpaired) electrons. The van der Waals surface area contributed by atoms with Crippen molar-refractivity contribution in [3.05, 3.63) is 34.9 Å². The van der Waals surface area contributed by atoms with Crippen LogP contribution in [0.3, 0.4) is 0 Å². The Labute approximate surface area is 132 Å². The van der Waals surface area contributed by atoms with Crippen molar-refractivity contribution in [2.75, 3.05) is 0 Å². The molecule has 0 fully saturated rings. The Morgan fingerprint density at radius 3 is 1.86 bits per heavy atom. The molecule has 0 bridgehead atoms. The smallest absolute Gasteiger partial charge is 0.125 e. The zero-order valence-electron chi connectivity index (χ0n) is 14.5. The quantitative estimate of drug-likeness (QED) is 0.507. The van der Waals surface area contributed by atoms with Gasteiger partial charge < -0.3 is 0 Å². The summed E-state index contributed by atoms with van der Waals surface area (Å²) in [5.41, 5.74) is 8.98. The molecule has 1 aromatic rings. The number of hydrogen-bond donors (Lipinski definition) is 0. The van der Waals surface area contributed by atoms with Gasteiger partial charge in [0.15, 0.2) is 0 Å². The number of rotatable bonds is 3. The van der Waals surface area contributed by atoms with E-state index in [2.05, 4.69) is 71.9 Å². The van der Waals surface area contributed by atoms with Gasteiger partial charge in [-0.1, -0.05) is 53.4 Å². The fourth-order valence-corrected chi connectivity index (χ4v) is 8.72. The average Bonchev–Trinajstić information content (AvgIpc) is 2.39. The minimum Gasteiger partial charge on any atom is -0.125 e. The lowest BCUT2D eigenvalue weighted by atomic mass is 10.1. The largest absolute Gasteiger partial charge is 0.146 e. The standard InChI is InChI=1S/C20H28Si/c1-9-19-10-11-20(18(8)14-19)12-13-21(15(2)3,16(4)5)17(6)7/h1,10-11,14-17H,2-8H3. The fourth-order valence-electron chi connectivity index (χ4n) is 3.50. The fraction of sp³-hybridized carbons (Fsp3) is 0.500. The van der Waals surface area contributed by atoms with Gasteiger partial charge in [0.1, 0.15) is 8.07 Å². The van der Waals surface area contributed by atoms with Crippen LogP contribution in [0.1, 0.15) is 58.2 Å². The first-order valence-corrected chi connectivity index (χ1v) is 10.1. The zero-order chi connectivity index (χ0) is 16.2. The van der Waals surface area contributed by atoms with Crippen LogP contribution in [0.2, 0.25) is 16.6 Å². The second-order valence-electron chi connectivity index (χ2n) is 6.82. The van der Waals surface area contributed by atoms with Crippen molar-refractivity contribution in [2.24, 2.45) is 0 Å². The van der Waals surface area contributed by atoms with E-state index in [1.54, 1.807) is 0 Å². The summed E-state index contributed by atoms with van der Waals surface area (Å²) >= 11 is 0. The molecule has 1 heteroatoms. The van der Waals surface area contributed by atoms with Gasteiger partial charge in [0.05, 0.1) is 0 Å². The highest BCUT2D eigenvalue weighted by Crippen LogP contribution is 2.40. The number of aryl methyl sites for hydroxylation is 1. The van der Waals surface area contributed by atoms with Crippen molar-refractivity contribution in [2.45, 2.75) is 65.1 Å². The Morgan fingerprint density at radius 1 is 0.952 bits per heavy atom. The number of hydrogen-bond acceptors (Lipinski definition) is 0. The molecule has 0 aromatic heterocycles. The molecule has 0 amide bonds. The normalized spacial score (nSPS) is 11.5. The third-order valence-corrected chi connectivity index (χ3v) is 11.0. The van der Waals surface area contributed by atoms with E-state index in [1.807, 2.05) is 12.1 Å². The molecule has 0 aliphatic rings. The summed E-state index contributed by atoms with van der Waals surface area (Å²) < 4.78 is 0. The van der Waals surface area contributed by atoms with Crippen LogP contribution in [0.5, 0.6) is 0 Å². The van der Waals surface area contributed by atoms with Crippen LogP contribution < -0.4 is 0 Å². The molecule has 0 saturated heterocycles. The third kappa shape index (κ3) is 3.61. The minimum absolute atomic E-state index is 0.662. The van der Waals surface area contributed by atoms with Crippen molar-refractivity contribution in [1.29, 1.82) is 0 Å². The molecule has 21 heavy (non-hydrogen) atoms. The van der Waals surface area contributed by atoms with Gasteiger partial charge in [-0.2, -0.15) is 0 Å². The van der Waals surface area contributed by atoms with E-state index < -0.39 is 8.07 Å². The highest BCUT2D eigenvalue weighted by atomic mass is 28.3. The maximum absolute atomic E-state index is 5.45. The topological polar surface area (TPSA) is 0 Å². The van der Waals surface area contributed by atoms with Crippen molar-refractivity contribution < 1.29 is 0 Å². The van der Waals surface area contributed by atoms with E-state index in [0.29, 0.717) is 16.6 Å². The van der Waals surface area contributed by atoms with Gasteiger partial charge in [-0.3, -0.25) is 0 Å². The summed E-state index contributed by atoms with van der Waals surface area (Å²) in [6.07, 6.45) is 5.45. The Balaban J connectivity index is 3.33. The first kappa shape index (κ1) is 17.6. The maximum atomic E-state index is 5.45. The second-order valence-corrected chi connectivity index (χ2v) is 12.4. The molecule has 112 valence electrons. The first-order valence-electron chi connectivity index (χ1n) is 7.86. The Morgan fingerprint density at radius 2 is 1.48 bits per heavy atom. The van der Waals surface area contributed by atoms with Gasteiger partial charge in [0, 0.05) is 11.1 Å². The molecule has 0 aliphatic heterocycles. The van der Waals surface area contributed by atoms with Crippen LogP contribution in [0.4, 0.5) is 0 Å². The summed E-state index contributed by atoms with van der Waals surface area (Å²) in [5, 5.41) is 0. The first-order chi connectivity index (χ1) is 9.75. The summed E-state index contributed by atoms with van der Waals surface area (Å²) in [5.74, 6) is 6.17. The molecule has 0 heterocycles. The lowest BCUT2D eigenvalue weighted by molar-refractivity contribution is 0.838. The molecule has 0 aliphatic carbocycles. The molecule has 0 spiro atoms. The molecular formula is C20H28Si. The highest BCUT2D eigenvalue weighted by molar-refractivity contribution is 6.90. The van der Waals surface area contributed by atoms with Crippen molar-refractivity contribution in [3.8, 4) is 23.8 Å². The van der Waals surface area contributed by atoms with Gasteiger partial charge in [0.2, 0.25) is 0 Å². The van der Waals surface area contributed by atoms with Crippen LogP contribution >= 0.6 is 0 Å². The molecule has 0 unspecified atom stereocenters. The maximum Gasteiger partial charge on any atom is 0.146 e. The van der Waals surface area contributed by atoms with Gasteiger partial charge >= 0.3 is 0 Å². The summed E-state index contributed by atoms with van der Waals surface area (Å²) in [6, 6.07) is 6.10. The Kier molecular flexibility index (Phi) is 5.88. The zero-order valence-corrected chi connectivity index (χ0v) is 15.5. The van der Waals surface area contributed by atoms with E-state index in [9.17, 15) is 0 Å². The average molecular weight is 297 g/mol. The lowest BCUT2D eigenvalue weighted by Gasteiger charge is -2.38. The van der Waals surface area contributed by atoms with Crippen LogP contribution in [0.25, 0.3) is 0 Å².